The Kier molecular flexibility index (Phi) is 3.36. The molecule has 0 unspecified atom stereocenters. The number of nitrogens with one attached hydrogen (secondary N) is 1. The Balaban J connectivity index is 2.19. The van der Waals surface area contributed by atoms with Crippen molar-refractivity contribution in [1.29, 1.82) is 0 Å². The summed E-state index contributed by atoms with van der Waals surface area (Å²) >= 11 is 0. The lowest BCUT2D eigenvalue weighted by atomic mass is 10.1. The van der Waals surface area contributed by atoms with Crippen molar-refractivity contribution in [3.8, 4) is 0 Å². The first-order valence-electron chi connectivity index (χ1n) is 5.94. The van der Waals surface area contributed by atoms with Gasteiger partial charge in [0.05, 0.1) is 0 Å². The average molecular weight is 208 g/mol. The SMILES string of the molecule is CCCc1nnc(C)n1C1CCNCC1. The number of aryl methyl sites for hydroxylation is 2. The van der Waals surface area contributed by atoms with Gasteiger partial charge >= 0.3 is 0 Å². The Hall–Kier alpha value is -0.900. The molecule has 1 saturated heterocycles. The van der Waals surface area contributed by atoms with E-state index >= 15 is 0 Å². The normalized spacial score (nSPS) is 18.3. The maximum Gasteiger partial charge on any atom is 0.133 e. The average Bonchev–Trinajstić information content (AvgIpc) is 2.62. The van der Waals surface area contributed by atoms with E-state index in [1.165, 1.54) is 18.7 Å². The largest absolute Gasteiger partial charge is 0.317 e. The molecule has 2 heterocycles. The summed E-state index contributed by atoms with van der Waals surface area (Å²) in [4.78, 5) is 0. The quantitative estimate of drug-likeness (QED) is 0.818. The van der Waals surface area contributed by atoms with E-state index in [2.05, 4.69) is 33.9 Å². The van der Waals surface area contributed by atoms with Crippen LogP contribution in [0.15, 0.2) is 0 Å². The molecule has 1 aliphatic heterocycles. The third kappa shape index (κ3) is 2.20. The first kappa shape index (κ1) is 10.6. The topological polar surface area (TPSA) is 42.7 Å². The van der Waals surface area contributed by atoms with E-state index in [1.807, 2.05) is 0 Å². The number of nitrogens with zero attached hydrogens (tertiary/aromatic N) is 3. The van der Waals surface area contributed by atoms with Crippen LogP contribution in [0.5, 0.6) is 0 Å². The van der Waals surface area contributed by atoms with Gasteiger partial charge in [0.2, 0.25) is 0 Å². The van der Waals surface area contributed by atoms with Gasteiger partial charge in [0, 0.05) is 12.5 Å². The lowest BCUT2D eigenvalue weighted by Gasteiger charge is -2.25. The second-order valence-electron chi connectivity index (χ2n) is 4.26. The van der Waals surface area contributed by atoms with Gasteiger partial charge in [-0.15, -0.1) is 10.2 Å². The van der Waals surface area contributed by atoms with Gasteiger partial charge in [-0.05, 0) is 39.3 Å². The number of aromatic nitrogens is 3. The first-order valence-corrected chi connectivity index (χ1v) is 5.94. The molecular weight excluding hydrogens is 188 g/mol. The Morgan fingerprint density at radius 3 is 2.73 bits per heavy atom. The molecule has 0 aromatic carbocycles. The fourth-order valence-electron chi connectivity index (χ4n) is 2.35. The zero-order valence-corrected chi connectivity index (χ0v) is 9.66. The number of piperidine rings is 1. The van der Waals surface area contributed by atoms with Crippen LogP contribution in [0.3, 0.4) is 0 Å². The highest BCUT2D eigenvalue weighted by Gasteiger charge is 2.19. The Morgan fingerprint density at radius 2 is 2.07 bits per heavy atom. The summed E-state index contributed by atoms with van der Waals surface area (Å²) < 4.78 is 2.35. The molecule has 4 heteroatoms. The summed E-state index contributed by atoms with van der Waals surface area (Å²) in [5, 5.41) is 11.9. The molecule has 0 amide bonds. The van der Waals surface area contributed by atoms with Crippen LogP contribution < -0.4 is 5.32 Å². The van der Waals surface area contributed by atoms with Crippen LogP contribution in [0.25, 0.3) is 0 Å². The molecule has 84 valence electrons. The highest BCUT2D eigenvalue weighted by Crippen LogP contribution is 2.21. The van der Waals surface area contributed by atoms with Crippen molar-refractivity contribution in [3.63, 3.8) is 0 Å². The van der Waals surface area contributed by atoms with Crippen molar-refractivity contribution < 1.29 is 0 Å². The predicted molar refractivity (Wildman–Crippen MR) is 59.9 cm³/mol. The third-order valence-corrected chi connectivity index (χ3v) is 3.08. The summed E-state index contributed by atoms with van der Waals surface area (Å²) in [6, 6.07) is 0.614. The van der Waals surface area contributed by atoms with Crippen molar-refractivity contribution in [2.45, 2.75) is 45.6 Å². The molecule has 0 saturated carbocycles. The summed E-state index contributed by atoms with van der Waals surface area (Å²) in [5.74, 6) is 2.24. The van der Waals surface area contributed by atoms with Crippen LogP contribution in [0.1, 0.15) is 43.9 Å². The molecule has 1 aliphatic rings. The molecule has 0 aliphatic carbocycles. The molecule has 1 aromatic rings. The molecule has 2 rings (SSSR count). The molecule has 1 aromatic heterocycles. The molecule has 0 bridgehead atoms. The van der Waals surface area contributed by atoms with Crippen molar-refractivity contribution in [3.05, 3.63) is 11.6 Å². The van der Waals surface area contributed by atoms with Crippen molar-refractivity contribution in [2.75, 3.05) is 13.1 Å². The molecule has 0 radical (unpaired) electrons. The molecule has 0 atom stereocenters. The first-order chi connectivity index (χ1) is 7.33. The lowest BCUT2D eigenvalue weighted by molar-refractivity contribution is 0.354. The minimum absolute atomic E-state index is 0.614. The number of hydrogen-bond acceptors (Lipinski definition) is 3. The van der Waals surface area contributed by atoms with Gasteiger partial charge in [-0.25, -0.2) is 0 Å². The van der Waals surface area contributed by atoms with Gasteiger partial charge in [-0.1, -0.05) is 6.92 Å². The van der Waals surface area contributed by atoms with E-state index < -0.39 is 0 Å². The minimum Gasteiger partial charge on any atom is -0.317 e. The number of rotatable bonds is 3. The monoisotopic (exact) mass is 208 g/mol. The smallest absolute Gasteiger partial charge is 0.133 e. The van der Waals surface area contributed by atoms with Gasteiger partial charge in [0.15, 0.2) is 0 Å². The van der Waals surface area contributed by atoms with Gasteiger partial charge in [0.1, 0.15) is 11.6 Å². The van der Waals surface area contributed by atoms with E-state index in [1.54, 1.807) is 0 Å². The van der Waals surface area contributed by atoms with Crippen LogP contribution in [0.4, 0.5) is 0 Å². The fraction of sp³-hybridized carbons (Fsp3) is 0.818. The van der Waals surface area contributed by atoms with Crippen molar-refractivity contribution in [2.24, 2.45) is 0 Å². The predicted octanol–water partition coefficient (Wildman–Crippen LogP) is 1.46. The molecule has 15 heavy (non-hydrogen) atoms. The standard InChI is InChI=1S/C11H20N4/c1-3-4-11-14-13-9(2)15(11)10-5-7-12-8-6-10/h10,12H,3-8H2,1-2H3. The minimum atomic E-state index is 0.614. The Labute approximate surface area is 91.1 Å². The van der Waals surface area contributed by atoms with Crippen LogP contribution >= 0.6 is 0 Å². The highest BCUT2D eigenvalue weighted by molar-refractivity contribution is 4.98. The lowest BCUT2D eigenvalue weighted by Crippen LogP contribution is -2.30. The van der Waals surface area contributed by atoms with E-state index in [0.29, 0.717) is 6.04 Å². The van der Waals surface area contributed by atoms with Crippen LogP contribution in [-0.2, 0) is 6.42 Å². The van der Waals surface area contributed by atoms with E-state index in [0.717, 1.165) is 31.8 Å². The molecule has 0 spiro atoms. The highest BCUT2D eigenvalue weighted by atomic mass is 15.3. The van der Waals surface area contributed by atoms with Gasteiger partial charge in [-0.2, -0.15) is 0 Å². The molecule has 4 nitrogen and oxygen atoms in total. The summed E-state index contributed by atoms with van der Waals surface area (Å²) in [6.45, 7) is 6.49. The summed E-state index contributed by atoms with van der Waals surface area (Å²) in [5.41, 5.74) is 0. The molecule has 1 N–H and O–H groups in total. The van der Waals surface area contributed by atoms with E-state index in [-0.39, 0.29) is 0 Å². The molecule has 1 fully saturated rings. The number of hydrogen-bond donors (Lipinski definition) is 1. The van der Waals surface area contributed by atoms with Crippen molar-refractivity contribution in [1.82, 2.24) is 20.1 Å². The van der Waals surface area contributed by atoms with E-state index in [9.17, 15) is 0 Å². The van der Waals surface area contributed by atoms with Gasteiger partial charge < -0.3 is 9.88 Å². The summed E-state index contributed by atoms with van der Waals surface area (Å²) in [6.07, 6.45) is 4.60. The second-order valence-corrected chi connectivity index (χ2v) is 4.26. The maximum atomic E-state index is 4.27. The fourth-order valence-corrected chi connectivity index (χ4v) is 2.35. The Bertz CT molecular complexity index is 312. The van der Waals surface area contributed by atoms with Crippen LogP contribution in [-0.4, -0.2) is 27.9 Å². The van der Waals surface area contributed by atoms with Gasteiger partial charge in [-0.3, -0.25) is 0 Å². The van der Waals surface area contributed by atoms with Gasteiger partial charge in [0.25, 0.3) is 0 Å². The van der Waals surface area contributed by atoms with Crippen LogP contribution in [0.2, 0.25) is 0 Å². The maximum absolute atomic E-state index is 4.27. The third-order valence-electron chi connectivity index (χ3n) is 3.08. The zero-order valence-electron chi connectivity index (χ0n) is 9.66. The summed E-state index contributed by atoms with van der Waals surface area (Å²) in [7, 11) is 0. The molecular formula is C11H20N4. The van der Waals surface area contributed by atoms with Crippen molar-refractivity contribution >= 4 is 0 Å². The zero-order chi connectivity index (χ0) is 10.7. The van der Waals surface area contributed by atoms with Crippen LogP contribution in [0, 0.1) is 6.92 Å². The Morgan fingerprint density at radius 1 is 1.33 bits per heavy atom. The van der Waals surface area contributed by atoms with E-state index in [4.69, 9.17) is 0 Å². The second kappa shape index (κ2) is 4.75.